The number of carbonyl (C=O) groups excluding carboxylic acids is 1. The van der Waals surface area contributed by atoms with Gasteiger partial charge in [0.15, 0.2) is 6.29 Å². The molecule has 4 unspecified atom stereocenters. The lowest BCUT2D eigenvalue weighted by atomic mass is 9.98. The topological polar surface area (TPSA) is 17.1 Å². The fourth-order valence-electron chi connectivity index (χ4n) is 9.73. The zero-order valence-electron chi connectivity index (χ0n) is 44.5. The third-order valence-electron chi connectivity index (χ3n) is 14.1. The van der Waals surface area contributed by atoms with Gasteiger partial charge < -0.3 is 0 Å². The summed E-state index contributed by atoms with van der Waals surface area (Å²) in [7, 11) is 0. The van der Waals surface area contributed by atoms with Crippen LogP contribution in [-0.4, -0.2) is 29.3 Å². The van der Waals surface area contributed by atoms with Crippen LogP contribution in [0, 0.1) is 54.3 Å². The van der Waals surface area contributed by atoms with Crippen LogP contribution in [0.25, 0.3) is 32.0 Å². The van der Waals surface area contributed by atoms with Gasteiger partial charge in [-0.1, -0.05) is 160 Å². The number of thioether (sulfide) groups is 4. The van der Waals surface area contributed by atoms with Gasteiger partial charge in [-0.2, -0.15) is 0 Å². The lowest BCUT2D eigenvalue weighted by molar-refractivity contribution is 0.112. The minimum Gasteiger partial charge on any atom is -0.297 e. The molecule has 0 bridgehead atoms. The monoisotopic (exact) mass is 1020 g/mol. The average Bonchev–Trinajstić information content (AvgIpc) is 3.99. The fourth-order valence-corrected chi connectivity index (χ4v) is 17.7. The second-order valence-corrected chi connectivity index (χ2v) is 29.9. The highest BCUT2D eigenvalue weighted by atomic mass is 32.2. The Morgan fingerprint density at radius 2 is 0.746 bits per heavy atom. The summed E-state index contributed by atoms with van der Waals surface area (Å²) in [6, 6.07) is 9.94. The van der Waals surface area contributed by atoms with Crippen molar-refractivity contribution in [3.8, 4) is 20.9 Å². The summed E-state index contributed by atoms with van der Waals surface area (Å²) in [6.45, 7) is 31.1. The first kappa shape index (κ1) is 57.1. The van der Waals surface area contributed by atoms with Crippen molar-refractivity contribution < 1.29 is 4.79 Å². The summed E-state index contributed by atoms with van der Waals surface area (Å²) in [5, 5.41) is 0. The van der Waals surface area contributed by atoms with E-state index in [1.165, 1.54) is 182 Å². The Bertz CT molecular complexity index is 1990. The Labute approximate surface area is 437 Å². The van der Waals surface area contributed by atoms with Crippen molar-refractivity contribution in [3.05, 3.63) is 64.7 Å². The van der Waals surface area contributed by atoms with E-state index in [9.17, 15) is 4.79 Å². The SMILES string of the molecule is Cc1cc2c(s1)-c1cc3c(cc1C2=C(SCCC(C)CCCC(C)C)SCCC(C)CCCC(C)C)-c1sc(C=O)cc1C3=C(SCCC(C)CCCC(C)C)SCCC(C)CCCC(C)C. The number of aryl methyl sites for hydroxylation is 1. The van der Waals surface area contributed by atoms with Crippen LogP contribution in [-0.2, 0) is 0 Å². The summed E-state index contributed by atoms with van der Waals surface area (Å²) in [5.74, 6) is 10.7. The van der Waals surface area contributed by atoms with E-state index < -0.39 is 0 Å². The molecule has 2 aromatic heterocycles. The molecule has 0 fully saturated rings. The summed E-state index contributed by atoms with van der Waals surface area (Å²) >= 11 is 12.2. The van der Waals surface area contributed by atoms with Crippen LogP contribution < -0.4 is 0 Å². The molecule has 2 aliphatic rings. The van der Waals surface area contributed by atoms with Crippen LogP contribution in [0.5, 0.6) is 0 Å². The van der Waals surface area contributed by atoms with Crippen molar-refractivity contribution in [2.45, 2.75) is 193 Å². The predicted molar refractivity (Wildman–Crippen MR) is 315 cm³/mol. The number of carbonyl (C=O) groups is 1. The van der Waals surface area contributed by atoms with E-state index in [0.717, 1.165) is 70.0 Å². The molecule has 0 spiro atoms. The van der Waals surface area contributed by atoms with Gasteiger partial charge in [-0.3, -0.25) is 4.79 Å². The molecule has 0 aliphatic heterocycles. The first-order chi connectivity index (χ1) is 32.1. The number of rotatable bonds is 33. The van der Waals surface area contributed by atoms with Crippen molar-refractivity contribution in [3.63, 3.8) is 0 Å². The first-order valence-corrected chi connectivity index (χ1v) is 32.5. The molecule has 0 amide bonds. The first-order valence-electron chi connectivity index (χ1n) is 26.9. The van der Waals surface area contributed by atoms with E-state index in [1.54, 1.807) is 11.3 Å². The molecule has 1 nitrogen and oxygen atoms in total. The van der Waals surface area contributed by atoms with Crippen LogP contribution in [0.3, 0.4) is 0 Å². The molecule has 2 aliphatic carbocycles. The van der Waals surface area contributed by atoms with Crippen LogP contribution in [0.15, 0.2) is 32.7 Å². The third-order valence-corrected chi connectivity index (χ3v) is 21.4. The van der Waals surface area contributed by atoms with Gasteiger partial charge >= 0.3 is 0 Å². The highest BCUT2D eigenvalue weighted by Gasteiger charge is 2.36. The van der Waals surface area contributed by atoms with Gasteiger partial charge in [0, 0.05) is 56.5 Å². The van der Waals surface area contributed by atoms with Crippen molar-refractivity contribution in [1.29, 1.82) is 0 Å². The maximum absolute atomic E-state index is 12.6. The number of thiophene rings is 2. The fraction of sp³-hybridized carbons (Fsp3) is 0.683. The molecule has 0 saturated carbocycles. The maximum atomic E-state index is 12.6. The standard InChI is InChI=1S/C60H92OS6/c1-39(2)18-14-22-43(9)26-30-62-59(63-31-27-44(10)23-15-19-40(3)4)55-49-37-52-50(36-51(49)57-53(55)34-47(13)66-57)56(54-35-48(38-61)67-58(52)54)60(64-32-28-45(11)24-16-20-41(5)6)65-33-29-46(12)25-17-21-42(7)8/h34-46H,14-33H2,1-13H3. The van der Waals surface area contributed by atoms with Crippen LogP contribution in [0.4, 0.5) is 0 Å². The average molecular weight is 1020 g/mol. The summed E-state index contributed by atoms with van der Waals surface area (Å²) in [6.07, 6.45) is 22.1. The number of fused-ring (bicyclic) bond motifs is 6. The molecular formula is C60H92OS6. The summed E-state index contributed by atoms with van der Waals surface area (Å²) < 4.78 is 3.01. The molecule has 2 heterocycles. The van der Waals surface area contributed by atoms with Gasteiger partial charge in [-0.05, 0) is 138 Å². The summed E-state index contributed by atoms with van der Waals surface area (Å²) in [5.41, 5.74) is 11.2. The zero-order valence-corrected chi connectivity index (χ0v) is 49.4. The molecule has 1 aromatic carbocycles. The van der Waals surface area contributed by atoms with E-state index >= 15 is 0 Å². The molecule has 7 heteroatoms. The van der Waals surface area contributed by atoms with Gasteiger partial charge in [0.25, 0.3) is 0 Å². The Hall–Kier alpha value is -0.830. The highest BCUT2D eigenvalue weighted by Crippen LogP contribution is 2.59. The second kappa shape index (κ2) is 29.0. The normalized spacial score (nSPS) is 14.9. The largest absolute Gasteiger partial charge is 0.297 e. The van der Waals surface area contributed by atoms with Crippen molar-refractivity contribution in [2.75, 3.05) is 23.0 Å². The predicted octanol–water partition coefficient (Wildman–Crippen LogP) is 21.7. The van der Waals surface area contributed by atoms with E-state index in [0.29, 0.717) is 0 Å². The minimum absolute atomic E-state index is 0.734. The number of aldehydes is 1. The highest BCUT2D eigenvalue weighted by molar-refractivity contribution is 8.22. The third kappa shape index (κ3) is 17.7. The van der Waals surface area contributed by atoms with Crippen LogP contribution in [0.2, 0.25) is 0 Å². The lowest BCUT2D eigenvalue weighted by Gasteiger charge is -2.18. The quantitative estimate of drug-likeness (QED) is 0.0388. The molecule has 67 heavy (non-hydrogen) atoms. The smallest absolute Gasteiger partial charge is 0.160 e. The molecular weight excluding hydrogens is 929 g/mol. The lowest BCUT2D eigenvalue weighted by Crippen LogP contribution is -2.00. The van der Waals surface area contributed by atoms with E-state index in [-0.39, 0.29) is 0 Å². The molecule has 5 rings (SSSR count). The van der Waals surface area contributed by atoms with Gasteiger partial charge in [-0.15, -0.1) is 69.7 Å². The molecule has 0 saturated heterocycles. The van der Waals surface area contributed by atoms with E-state index in [1.807, 2.05) is 11.3 Å². The summed E-state index contributed by atoms with van der Waals surface area (Å²) in [4.78, 5) is 17.6. The van der Waals surface area contributed by atoms with Crippen LogP contribution in [0.1, 0.15) is 223 Å². The Balaban J connectivity index is 1.54. The molecule has 374 valence electrons. The number of hydrogen-bond donors (Lipinski definition) is 0. The number of benzene rings is 1. The Morgan fingerprint density at radius 1 is 0.418 bits per heavy atom. The Morgan fingerprint density at radius 3 is 1.07 bits per heavy atom. The molecule has 3 aromatic rings. The molecule has 0 N–H and O–H groups in total. The maximum Gasteiger partial charge on any atom is 0.160 e. The van der Waals surface area contributed by atoms with Gasteiger partial charge in [-0.25, -0.2) is 0 Å². The minimum atomic E-state index is 0.734. The van der Waals surface area contributed by atoms with Gasteiger partial charge in [0.1, 0.15) is 0 Å². The molecule has 0 radical (unpaired) electrons. The van der Waals surface area contributed by atoms with Gasteiger partial charge in [0.05, 0.1) is 4.88 Å². The van der Waals surface area contributed by atoms with Crippen molar-refractivity contribution >= 4 is 87.2 Å². The van der Waals surface area contributed by atoms with Crippen LogP contribution >= 0.6 is 69.7 Å². The van der Waals surface area contributed by atoms with Crippen molar-refractivity contribution in [1.82, 2.24) is 0 Å². The van der Waals surface area contributed by atoms with E-state index in [2.05, 4.69) is 161 Å². The molecule has 4 atom stereocenters. The van der Waals surface area contributed by atoms with Gasteiger partial charge in [0.2, 0.25) is 0 Å². The van der Waals surface area contributed by atoms with Crippen molar-refractivity contribution in [2.24, 2.45) is 47.3 Å². The number of hydrogen-bond acceptors (Lipinski definition) is 7. The zero-order chi connectivity index (χ0) is 48.6. The Kier molecular flexibility index (Phi) is 24.7. The van der Waals surface area contributed by atoms with E-state index in [4.69, 9.17) is 0 Å². The second-order valence-electron chi connectivity index (χ2n) is 22.6.